The Hall–Kier alpha value is -1.39. The highest BCUT2D eigenvalue weighted by atomic mass is 16.5. The van der Waals surface area contributed by atoms with Crippen molar-refractivity contribution in [3.05, 3.63) is 12.2 Å². The normalized spacial score (nSPS) is 12.5. The van der Waals surface area contributed by atoms with E-state index < -0.39 is 0 Å². The van der Waals surface area contributed by atoms with E-state index in [9.17, 15) is 4.79 Å². The van der Waals surface area contributed by atoms with Crippen LogP contribution in [0.25, 0.3) is 0 Å². The van der Waals surface area contributed by atoms with Crippen LogP contribution < -0.4 is 0 Å². The van der Waals surface area contributed by atoms with Gasteiger partial charge in [0.25, 0.3) is 0 Å². The van der Waals surface area contributed by atoms with Crippen molar-refractivity contribution in [2.24, 2.45) is 0 Å². The third-order valence-electron chi connectivity index (χ3n) is 2.01. The highest BCUT2D eigenvalue weighted by molar-refractivity contribution is 5.76. The van der Waals surface area contributed by atoms with Crippen LogP contribution in [0.2, 0.25) is 0 Å². The number of nitrogens with zero attached hydrogens (tertiary/aromatic N) is 3. The van der Waals surface area contributed by atoms with Crippen LogP contribution in [-0.4, -0.2) is 27.3 Å². The molecule has 1 heterocycles. The molecule has 0 aliphatic heterocycles. The predicted molar refractivity (Wildman–Crippen MR) is 50.7 cm³/mol. The van der Waals surface area contributed by atoms with Crippen molar-refractivity contribution < 1.29 is 9.53 Å². The lowest BCUT2D eigenvalue weighted by atomic mass is 10.2. The van der Waals surface area contributed by atoms with Gasteiger partial charge in [0.1, 0.15) is 18.1 Å². The van der Waals surface area contributed by atoms with Gasteiger partial charge in [0.2, 0.25) is 0 Å². The van der Waals surface area contributed by atoms with Crippen LogP contribution in [0.3, 0.4) is 0 Å². The average Bonchev–Trinajstić information content (AvgIpc) is 2.64. The van der Waals surface area contributed by atoms with Crippen LogP contribution in [0, 0.1) is 0 Å². The molecule has 14 heavy (non-hydrogen) atoms. The summed E-state index contributed by atoms with van der Waals surface area (Å²) in [5, 5.41) is 7.66. The number of hydrogen-bond donors (Lipinski definition) is 0. The van der Waals surface area contributed by atoms with Gasteiger partial charge >= 0.3 is 5.97 Å². The summed E-state index contributed by atoms with van der Waals surface area (Å²) in [7, 11) is 0. The Bertz CT molecular complexity index is 309. The van der Waals surface area contributed by atoms with E-state index in [0.29, 0.717) is 12.4 Å². The number of hydrogen-bond acceptors (Lipinski definition) is 4. The van der Waals surface area contributed by atoms with Crippen molar-refractivity contribution in [1.29, 1.82) is 0 Å². The fourth-order valence-electron chi connectivity index (χ4n) is 1.22. The van der Waals surface area contributed by atoms with Crippen molar-refractivity contribution in [2.45, 2.75) is 33.2 Å². The zero-order chi connectivity index (χ0) is 10.6. The molecule has 0 saturated heterocycles. The summed E-state index contributed by atoms with van der Waals surface area (Å²) in [4.78, 5) is 11.4. The molecule has 1 rings (SSSR count). The SMILES string of the molecule is CCOC(=O)C(C)c1nncn1CC. The predicted octanol–water partition coefficient (Wildman–Crippen LogP) is 0.965. The summed E-state index contributed by atoms with van der Waals surface area (Å²) in [5.41, 5.74) is 0. The van der Waals surface area contributed by atoms with E-state index >= 15 is 0 Å². The Morgan fingerprint density at radius 2 is 2.36 bits per heavy atom. The van der Waals surface area contributed by atoms with Gasteiger partial charge in [-0.25, -0.2) is 0 Å². The van der Waals surface area contributed by atoms with Crippen molar-refractivity contribution in [1.82, 2.24) is 14.8 Å². The van der Waals surface area contributed by atoms with Gasteiger partial charge in [0.05, 0.1) is 6.61 Å². The molecule has 0 amide bonds. The molecule has 0 saturated carbocycles. The molecule has 5 nitrogen and oxygen atoms in total. The molecule has 5 heteroatoms. The molecule has 1 atom stereocenters. The summed E-state index contributed by atoms with van der Waals surface area (Å²) in [6.45, 7) is 6.68. The van der Waals surface area contributed by atoms with E-state index in [2.05, 4.69) is 10.2 Å². The first-order chi connectivity index (χ1) is 6.70. The minimum absolute atomic E-state index is 0.254. The molecule has 1 unspecified atom stereocenters. The van der Waals surface area contributed by atoms with Crippen molar-refractivity contribution >= 4 is 5.97 Å². The van der Waals surface area contributed by atoms with Gasteiger partial charge in [0.15, 0.2) is 0 Å². The second kappa shape index (κ2) is 4.74. The summed E-state index contributed by atoms with van der Waals surface area (Å²) >= 11 is 0. The molecule has 0 fully saturated rings. The molecule has 0 bridgehead atoms. The quantitative estimate of drug-likeness (QED) is 0.675. The third-order valence-corrected chi connectivity index (χ3v) is 2.01. The maximum absolute atomic E-state index is 11.4. The van der Waals surface area contributed by atoms with E-state index in [0.717, 1.165) is 6.54 Å². The number of carbonyl (C=O) groups excluding carboxylic acids is 1. The summed E-state index contributed by atoms with van der Waals surface area (Å²) in [5.74, 6) is 0.0542. The van der Waals surface area contributed by atoms with Gasteiger partial charge in [-0.05, 0) is 20.8 Å². The number of esters is 1. The van der Waals surface area contributed by atoms with Gasteiger partial charge in [-0.15, -0.1) is 10.2 Å². The highest BCUT2D eigenvalue weighted by Gasteiger charge is 2.21. The zero-order valence-electron chi connectivity index (χ0n) is 8.73. The number of aryl methyl sites for hydroxylation is 1. The fourth-order valence-corrected chi connectivity index (χ4v) is 1.22. The first-order valence-corrected chi connectivity index (χ1v) is 4.75. The van der Waals surface area contributed by atoms with Crippen LogP contribution in [0.5, 0.6) is 0 Å². The second-order valence-corrected chi connectivity index (χ2v) is 2.95. The maximum Gasteiger partial charge on any atom is 0.316 e. The van der Waals surface area contributed by atoms with E-state index in [-0.39, 0.29) is 11.9 Å². The molecule has 0 N–H and O–H groups in total. The summed E-state index contributed by atoms with van der Waals surface area (Å²) in [6.07, 6.45) is 1.62. The van der Waals surface area contributed by atoms with Crippen LogP contribution in [0.15, 0.2) is 6.33 Å². The van der Waals surface area contributed by atoms with Gasteiger partial charge in [-0.1, -0.05) is 0 Å². The maximum atomic E-state index is 11.4. The Kier molecular flexibility index (Phi) is 3.62. The lowest BCUT2D eigenvalue weighted by Gasteiger charge is -2.10. The molecule has 1 aromatic heterocycles. The zero-order valence-corrected chi connectivity index (χ0v) is 8.73. The minimum atomic E-state index is -0.350. The minimum Gasteiger partial charge on any atom is -0.465 e. The topological polar surface area (TPSA) is 57.0 Å². The van der Waals surface area contributed by atoms with Gasteiger partial charge in [-0.3, -0.25) is 4.79 Å². The van der Waals surface area contributed by atoms with Gasteiger partial charge in [-0.2, -0.15) is 0 Å². The lowest BCUT2D eigenvalue weighted by molar-refractivity contribution is -0.144. The van der Waals surface area contributed by atoms with Gasteiger partial charge < -0.3 is 9.30 Å². The Balaban J connectivity index is 2.77. The van der Waals surface area contributed by atoms with Crippen molar-refractivity contribution in [3.8, 4) is 0 Å². The monoisotopic (exact) mass is 197 g/mol. The highest BCUT2D eigenvalue weighted by Crippen LogP contribution is 2.13. The van der Waals surface area contributed by atoms with Crippen LogP contribution in [0.4, 0.5) is 0 Å². The molecule has 0 aromatic carbocycles. The molecule has 1 aromatic rings. The average molecular weight is 197 g/mol. The molecule has 78 valence electrons. The van der Waals surface area contributed by atoms with Crippen LogP contribution in [0.1, 0.15) is 32.5 Å². The molecular formula is C9H15N3O2. The van der Waals surface area contributed by atoms with Gasteiger partial charge in [0, 0.05) is 6.54 Å². The molecule has 0 aliphatic rings. The number of aromatic nitrogens is 3. The Morgan fingerprint density at radius 1 is 1.64 bits per heavy atom. The molecular weight excluding hydrogens is 182 g/mol. The Labute approximate surface area is 83.1 Å². The number of rotatable bonds is 4. The second-order valence-electron chi connectivity index (χ2n) is 2.95. The molecule has 0 spiro atoms. The first kappa shape index (κ1) is 10.7. The van der Waals surface area contributed by atoms with Crippen LogP contribution in [-0.2, 0) is 16.1 Å². The summed E-state index contributed by atoms with van der Waals surface area (Å²) in [6, 6.07) is 0. The first-order valence-electron chi connectivity index (χ1n) is 4.75. The van der Waals surface area contributed by atoms with E-state index in [1.54, 1.807) is 20.2 Å². The number of ether oxygens (including phenoxy) is 1. The van der Waals surface area contributed by atoms with E-state index in [1.165, 1.54) is 0 Å². The van der Waals surface area contributed by atoms with E-state index in [4.69, 9.17) is 4.74 Å². The smallest absolute Gasteiger partial charge is 0.316 e. The fraction of sp³-hybridized carbons (Fsp3) is 0.667. The van der Waals surface area contributed by atoms with Crippen molar-refractivity contribution in [3.63, 3.8) is 0 Å². The standard InChI is InChI=1S/C9H15N3O2/c1-4-12-6-10-11-8(12)7(3)9(13)14-5-2/h6-7H,4-5H2,1-3H3. The third kappa shape index (κ3) is 2.10. The Morgan fingerprint density at radius 3 is 2.93 bits per heavy atom. The van der Waals surface area contributed by atoms with E-state index in [1.807, 2.05) is 11.5 Å². The van der Waals surface area contributed by atoms with Crippen LogP contribution >= 0.6 is 0 Å². The molecule has 0 radical (unpaired) electrons. The summed E-state index contributed by atoms with van der Waals surface area (Å²) < 4.78 is 6.74. The lowest BCUT2D eigenvalue weighted by Crippen LogP contribution is -2.17. The molecule has 0 aliphatic carbocycles. The number of carbonyl (C=O) groups is 1. The van der Waals surface area contributed by atoms with Crippen molar-refractivity contribution in [2.75, 3.05) is 6.61 Å². The largest absolute Gasteiger partial charge is 0.465 e.